The number of benzene rings is 2. The first-order chi connectivity index (χ1) is 13.6. The minimum atomic E-state index is -0.120. The number of rotatable bonds is 10. The van der Waals surface area contributed by atoms with E-state index in [1.807, 2.05) is 49.1 Å². The van der Waals surface area contributed by atoms with Crippen LogP contribution in [-0.2, 0) is 11.3 Å². The maximum atomic E-state index is 12.5. The Morgan fingerprint density at radius 3 is 2.39 bits per heavy atom. The summed E-state index contributed by atoms with van der Waals surface area (Å²) in [4.78, 5) is 28.8. The Hall–Kier alpha value is -2.92. The van der Waals surface area contributed by atoms with E-state index in [1.165, 1.54) is 0 Å². The SMILES string of the molecule is C=CCN(CC(=O)Nc1cccc(C(=O)N(CC)CC)c1)Cc1ccccc1. The molecule has 1 N–H and O–H groups in total. The van der Waals surface area contributed by atoms with Gasteiger partial charge in [0.2, 0.25) is 5.91 Å². The van der Waals surface area contributed by atoms with Crippen molar-refractivity contribution in [2.75, 3.05) is 31.5 Å². The highest BCUT2D eigenvalue weighted by Gasteiger charge is 2.14. The molecular weight excluding hydrogens is 350 g/mol. The summed E-state index contributed by atoms with van der Waals surface area (Å²) in [6.07, 6.45) is 1.79. The normalized spacial score (nSPS) is 10.5. The standard InChI is InChI=1S/C23H29N3O2/c1-4-15-25(17-19-11-8-7-9-12-19)18-22(27)24-21-14-10-13-20(16-21)23(28)26(5-2)6-3/h4,7-14,16H,1,5-6,15,17-18H2,2-3H3,(H,24,27). The molecule has 2 rings (SSSR count). The van der Waals surface area contributed by atoms with Gasteiger partial charge < -0.3 is 10.2 Å². The van der Waals surface area contributed by atoms with Gasteiger partial charge in [0, 0.05) is 37.4 Å². The summed E-state index contributed by atoms with van der Waals surface area (Å²) < 4.78 is 0. The van der Waals surface area contributed by atoms with Crippen molar-refractivity contribution >= 4 is 17.5 Å². The number of hydrogen-bond acceptors (Lipinski definition) is 3. The van der Waals surface area contributed by atoms with Gasteiger partial charge >= 0.3 is 0 Å². The second-order valence-corrected chi connectivity index (χ2v) is 6.55. The molecule has 0 aliphatic carbocycles. The predicted molar refractivity (Wildman–Crippen MR) is 114 cm³/mol. The van der Waals surface area contributed by atoms with E-state index in [0.717, 1.165) is 5.56 Å². The Bertz CT molecular complexity index is 785. The zero-order valence-electron chi connectivity index (χ0n) is 16.7. The van der Waals surface area contributed by atoms with Crippen LogP contribution in [0.2, 0.25) is 0 Å². The van der Waals surface area contributed by atoms with E-state index in [4.69, 9.17) is 0 Å². The minimum absolute atomic E-state index is 0.0292. The third-order valence-electron chi connectivity index (χ3n) is 4.45. The van der Waals surface area contributed by atoms with Crippen molar-refractivity contribution in [1.82, 2.24) is 9.80 Å². The summed E-state index contributed by atoms with van der Waals surface area (Å²) in [7, 11) is 0. The van der Waals surface area contributed by atoms with E-state index in [2.05, 4.69) is 11.9 Å². The molecule has 28 heavy (non-hydrogen) atoms. The van der Waals surface area contributed by atoms with Crippen molar-refractivity contribution in [2.45, 2.75) is 20.4 Å². The van der Waals surface area contributed by atoms with Crippen molar-refractivity contribution in [2.24, 2.45) is 0 Å². The molecule has 0 saturated carbocycles. The predicted octanol–water partition coefficient (Wildman–Crippen LogP) is 3.80. The Morgan fingerprint density at radius 2 is 1.75 bits per heavy atom. The van der Waals surface area contributed by atoms with Crippen LogP contribution < -0.4 is 5.32 Å². The van der Waals surface area contributed by atoms with Gasteiger partial charge in [-0.1, -0.05) is 42.5 Å². The van der Waals surface area contributed by atoms with Gasteiger partial charge in [-0.15, -0.1) is 6.58 Å². The van der Waals surface area contributed by atoms with Crippen LogP contribution in [-0.4, -0.2) is 47.8 Å². The van der Waals surface area contributed by atoms with Gasteiger partial charge in [0.15, 0.2) is 0 Å². The quantitative estimate of drug-likeness (QED) is 0.639. The van der Waals surface area contributed by atoms with Crippen LogP contribution in [0, 0.1) is 0 Å². The number of carbonyl (C=O) groups excluding carboxylic acids is 2. The summed E-state index contributed by atoms with van der Waals surface area (Å²) in [6.45, 7) is 10.5. The number of hydrogen-bond donors (Lipinski definition) is 1. The molecule has 0 heterocycles. The molecule has 0 spiro atoms. The minimum Gasteiger partial charge on any atom is -0.339 e. The molecule has 148 valence electrons. The molecule has 0 unspecified atom stereocenters. The highest BCUT2D eigenvalue weighted by Crippen LogP contribution is 2.13. The highest BCUT2D eigenvalue weighted by atomic mass is 16.2. The summed E-state index contributed by atoms with van der Waals surface area (Å²) in [5.74, 6) is -0.149. The molecule has 5 nitrogen and oxygen atoms in total. The molecule has 0 saturated heterocycles. The number of nitrogens with one attached hydrogen (secondary N) is 1. The third kappa shape index (κ3) is 6.35. The average molecular weight is 380 g/mol. The van der Waals surface area contributed by atoms with Crippen molar-refractivity contribution in [3.63, 3.8) is 0 Å². The van der Waals surface area contributed by atoms with E-state index in [-0.39, 0.29) is 18.4 Å². The van der Waals surface area contributed by atoms with Crippen LogP contribution in [0.4, 0.5) is 5.69 Å². The van der Waals surface area contributed by atoms with Gasteiger partial charge in [-0.25, -0.2) is 0 Å². The van der Waals surface area contributed by atoms with Crippen LogP contribution in [0.3, 0.4) is 0 Å². The molecule has 2 amide bonds. The summed E-state index contributed by atoms with van der Waals surface area (Å²) in [5, 5.41) is 2.90. The Kier molecular flexibility index (Phi) is 8.43. The van der Waals surface area contributed by atoms with Crippen LogP contribution in [0.5, 0.6) is 0 Å². The molecule has 2 aromatic carbocycles. The molecule has 0 aliphatic rings. The van der Waals surface area contributed by atoms with Gasteiger partial charge in [0.25, 0.3) is 5.91 Å². The zero-order valence-corrected chi connectivity index (χ0v) is 16.7. The lowest BCUT2D eigenvalue weighted by Crippen LogP contribution is -2.33. The fourth-order valence-corrected chi connectivity index (χ4v) is 3.04. The second-order valence-electron chi connectivity index (χ2n) is 6.55. The van der Waals surface area contributed by atoms with E-state index in [9.17, 15) is 9.59 Å². The van der Waals surface area contributed by atoms with Crippen LogP contribution in [0.1, 0.15) is 29.8 Å². The Labute approximate surface area is 167 Å². The Morgan fingerprint density at radius 1 is 1.04 bits per heavy atom. The van der Waals surface area contributed by atoms with Crippen molar-refractivity contribution in [3.8, 4) is 0 Å². The van der Waals surface area contributed by atoms with Crippen molar-refractivity contribution in [3.05, 3.63) is 78.4 Å². The molecule has 5 heteroatoms. The summed E-state index contributed by atoms with van der Waals surface area (Å²) in [6, 6.07) is 17.1. The number of amides is 2. The fourth-order valence-electron chi connectivity index (χ4n) is 3.04. The lowest BCUT2D eigenvalue weighted by Gasteiger charge is -2.21. The summed E-state index contributed by atoms with van der Waals surface area (Å²) in [5.41, 5.74) is 2.35. The summed E-state index contributed by atoms with van der Waals surface area (Å²) >= 11 is 0. The molecule has 2 aromatic rings. The van der Waals surface area contributed by atoms with E-state index >= 15 is 0 Å². The lowest BCUT2D eigenvalue weighted by molar-refractivity contribution is -0.117. The lowest BCUT2D eigenvalue weighted by atomic mass is 10.1. The van der Waals surface area contributed by atoms with E-state index in [1.54, 1.807) is 35.2 Å². The average Bonchev–Trinajstić information content (AvgIpc) is 2.70. The zero-order chi connectivity index (χ0) is 20.4. The Balaban J connectivity index is 2.01. The maximum absolute atomic E-state index is 12.5. The number of anilines is 1. The second kappa shape index (κ2) is 11.0. The van der Waals surface area contributed by atoms with Gasteiger partial charge in [-0.2, -0.15) is 0 Å². The largest absolute Gasteiger partial charge is 0.339 e. The van der Waals surface area contributed by atoms with Crippen LogP contribution in [0.25, 0.3) is 0 Å². The van der Waals surface area contributed by atoms with Crippen molar-refractivity contribution in [1.29, 1.82) is 0 Å². The first-order valence-electron chi connectivity index (χ1n) is 9.63. The molecule has 0 bridgehead atoms. The molecular formula is C23H29N3O2. The van der Waals surface area contributed by atoms with Crippen LogP contribution in [0.15, 0.2) is 67.3 Å². The van der Waals surface area contributed by atoms with Gasteiger partial charge in [-0.3, -0.25) is 14.5 Å². The molecule has 0 aliphatic heterocycles. The third-order valence-corrected chi connectivity index (χ3v) is 4.45. The first-order valence-corrected chi connectivity index (χ1v) is 9.63. The van der Waals surface area contributed by atoms with E-state index in [0.29, 0.717) is 37.4 Å². The molecule has 0 fully saturated rings. The van der Waals surface area contributed by atoms with Gasteiger partial charge in [0.05, 0.1) is 6.54 Å². The monoisotopic (exact) mass is 379 g/mol. The number of nitrogens with zero attached hydrogens (tertiary/aromatic N) is 2. The highest BCUT2D eigenvalue weighted by molar-refractivity contribution is 5.97. The van der Waals surface area contributed by atoms with Gasteiger partial charge in [-0.05, 0) is 37.6 Å². The molecule has 0 atom stereocenters. The maximum Gasteiger partial charge on any atom is 0.253 e. The van der Waals surface area contributed by atoms with Crippen LogP contribution >= 0.6 is 0 Å². The van der Waals surface area contributed by atoms with E-state index < -0.39 is 0 Å². The van der Waals surface area contributed by atoms with Crippen molar-refractivity contribution < 1.29 is 9.59 Å². The van der Waals surface area contributed by atoms with Gasteiger partial charge in [0.1, 0.15) is 0 Å². The topological polar surface area (TPSA) is 52.7 Å². The fraction of sp³-hybridized carbons (Fsp3) is 0.304. The first kappa shape index (κ1) is 21.4. The smallest absolute Gasteiger partial charge is 0.253 e. The number of carbonyl (C=O) groups is 2. The molecule has 0 radical (unpaired) electrons. The molecule has 0 aromatic heterocycles.